The molecular formula is C16H21BrN2O. The number of furan rings is 1. The van der Waals surface area contributed by atoms with Crippen molar-refractivity contribution in [1.82, 2.24) is 5.32 Å². The van der Waals surface area contributed by atoms with E-state index in [9.17, 15) is 0 Å². The first-order valence-corrected chi connectivity index (χ1v) is 7.80. The molecule has 2 rings (SSSR count). The minimum atomic E-state index is 0.796. The van der Waals surface area contributed by atoms with Gasteiger partial charge in [0, 0.05) is 23.2 Å². The van der Waals surface area contributed by atoms with Gasteiger partial charge < -0.3 is 14.6 Å². The number of hydrogen-bond donors (Lipinski definition) is 1. The Hall–Kier alpha value is -1.26. The molecule has 1 heterocycles. The third kappa shape index (κ3) is 3.87. The zero-order valence-corrected chi connectivity index (χ0v) is 13.6. The Morgan fingerprint density at radius 3 is 2.75 bits per heavy atom. The van der Waals surface area contributed by atoms with Crippen molar-refractivity contribution >= 4 is 21.6 Å². The summed E-state index contributed by atoms with van der Waals surface area (Å²) in [6.45, 7) is 7.88. The molecule has 1 N–H and O–H groups in total. The Labute approximate surface area is 129 Å². The number of rotatable bonds is 7. The molecule has 0 saturated heterocycles. The Morgan fingerprint density at radius 2 is 2.10 bits per heavy atom. The lowest BCUT2D eigenvalue weighted by Gasteiger charge is -2.25. The third-order valence-electron chi connectivity index (χ3n) is 3.26. The SMILES string of the molecule is CCNCc1cc(Br)ccc1N(CC)Cc1ccco1. The monoisotopic (exact) mass is 336 g/mol. The van der Waals surface area contributed by atoms with Gasteiger partial charge in [-0.3, -0.25) is 0 Å². The van der Waals surface area contributed by atoms with Crippen molar-refractivity contribution in [2.75, 3.05) is 18.0 Å². The first-order valence-electron chi connectivity index (χ1n) is 7.01. The average Bonchev–Trinajstić information content (AvgIpc) is 2.96. The van der Waals surface area contributed by atoms with E-state index in [4.69, 9.17) is 4.42 Å². The Kier molecular flexibility index (Phi) is 5.68. The lowest BCUT2D eigenvalue weighted by atomic mass is 10.1. The van der Waals surface area contributed by atoms with Crippen LogP contribution >= 0.6 is 15.9 Å². The number of nitrogens with zero attached hydrogens (tertiary/aromatic N) is 1. The van der Waals surface area contributed by atoms with Crippen LogP contribution in [0.25, 0.3) is 0 Å². The van der Waals surface area contributed by atoms with Crippen LogP contribution in [0.3, 0.4) is 0 Å². The standard InChI is InChI=1S/C16H21BrN2O/c1-3-18-11-13-10-14(17)7-8-16(13)19(4-2)12-15-6-5-9-20-15/h5-10,18H,3-4,11-12H2,1-2H3. The highest BCUT2D eigenvalue weighted by Gasteiger charge is 2.12. The van der Waals surface area contributed by atoms with Crippen LogP contribution in [0, 0.1) is 0 Å². The molecular weight excluding hydrogens is 316 g/mol. The fraction of sp³-hybridized carbons (Fsp3) is 0.375. The maximum absolute atomic E-state index is 5.47. The Morgan fingerprint density at radius 1 is 1.25 bits per heavy atom. The second kappa shape index (κ2) is 7.50. The molecule has 0 fully saturated rings. The summed E-state index contributed by atoms with van der Waals surface area (Å²) in [5, 5.41) is 3.40. The Balaban J connectivity index is 2.23. The van der Waals surface area contributed by atoms with Gasteiger partial charge in [-0.2, -0.15) is 0 Å². The van der Waals surface area contributed by atoms with Crippen LogP contribution in [0.15, 0.2) is 45.5 Å². The lowest BCUT2D eigenvalue weighted by Crippen LogP contribution is -2.24. The van der Waals surface area contributed by atoms with Gasteiger partial charge in [-0.05, 0) is 49.4 Å². The van der Waals surface area contributed by atoms with Gasteiger partial charge in [-0.1, -0.05) is 22.9 Å². The van der Waals surface area contributed by atoms with E-state index in [0.717, 1.165) is 36.4 Å². The zero-order chi connectivity index (χ0) is 14.4. The third-order valence-corrected chi connectivity index (χ3v) is 3.75. The predicted molar refractivity (Wildman–Crippen MR) is 87.0 cm³/mol. The molecule has 0 aliphatic heterocycles. The van der Waals surface area contributed by atoms with E-state index in [1.54, 1.807) is 6.26 Å². The zero-order valence-electron chi connectivity index (χ0n) is 12.0. The van der Waals surface area contributed by atoms with Crippen molar-refractivity contribution in [2.24, 2.45) is 0 Å². The molecule has 0 bridgehead atoms. The topological polar surface area (TPSA) is 28.4 Å². The van der Waals surface area contributed by atoms with Gasteiger partial charge in [0.25, 0.3) is 0 Å². The summed E-state index contributed by atoms with van der Waals surface area (Å²) < 4.78 is 6.58. The van der Waals surface area contributed by atoms with Gasteiger partial charge in [0.05, 0.1) is 12.8 Å². The number of anilines is 1. The van der Waals surface area contributed by atoms with Crippen LogP contribution in [0.2, 0.25) is 0 Å². The highest BCUT2D eigenvalue weighted by Crippen LogP contribution is 2.26. The molecule has 0 spiro atoms. The second-order valence-corrected chi connectivity index (χ2v) is 5.56. The maximum atomic E-state index is 5.47. The first-order chi connectivity index (χ1) is 9.74. The van der Waals surface area contributed by atoms with Crippen LogP contribution in [0.4, 0.5) is 5.69 Å². The quantitative estimate of drug-likeness (QED) is 0.822. The summed E-state index contributed by atoms with van der Waals surface area (Å²) in [5.41, 5.74) is 2.56. The maximum Gasteiger partial charge on any atom is 0.123 e. The minimum absolute atomic E-state index is 0.796. The molecule has 0 aliphatic rings. The smallest absolute Gasteiger partial charge is 0.123 e. The largest absolute Gasteiger partial charge is 0.467 e. The fourth-order valence-electron chi connectivity index (χ4n) is 2.22. The van der Waals surface area contributed by atoms with Crippen molar-refractivity contribution in [3.63, 3.8) is 0 Å². The van der Waals surface area contributed by atoms with Gasteiger partial charge in [0.15, 0.2) is 0 Å². The average molecular weight is 337 g/mol. The van der Waals surface area contributed by atoms with Crippen LogP contribution in [-0.4, -0.2) is 13.1 Å². The molecule has 0 atom stereocenters. The molecule has 1 aromatic carbocycles. The molecule has 0 saturated carbocycles. The molecule has 0 unspecified atom stereocenters. The summed E-state index contributed by atoms with van der Waals surface area (Å²) in [6, 6.07) is 10.4. The van der Waals surface area contributed by atoms with E-state index in [-0.39, 0.29) is 0 Å². The van der Waals surface area contributed by atoms with Gasteiger partial charge >= 0.3 is 0 Å². The molecule has 4 heteroatoms. The van der Waals surface area contributed by atoms with Gasteiger partial charge in [0.2, 0.25) is 0 Å². The predicted octanol–water partition coefficient (Wildman–Crippen LogP) is 4.18. The molecule has 0 aliphatic carbocycles. The minimum Gasteiger partial charge on any atom is -0.467 e. The van der Waals surface area contributed by atoms with Crippen LogP contribution in [-0.2, 0) is 13.1 Å². The highest BCUT2D eigenvalue weighted by atomic mass is 79.9. The van der Waals surface area contributed by atoms with Crippen molar-refractivity contribution in [2.45, 2.75) is 26.9 Å². The van der Waals surface area contributed by atoms with Crippen LogP contribution in [0.1, 0.15) is 25.2 Å². The highest BCUT2D eigenvalue weighted by molar-refractivity contribution is 9.10. The molecule has 2 aromatic rings. The van der Waals surface area contributed by atoms with E-state index in [0.29, 0.717) is 0 Å². The number of halogens is 1. The summed E-state index contributed by atoms with van der Waals surface area (Å²) in [6.07, 6.45) is 1.73. The van der Waals surface area contributed by atoms with E-state index in [1.807, 2.05) is 12.1 Å². The van der Waals surface area contributed by atoms with Crippen molar-refractivity contribution in [3.05, 3.63) is 52.4 Å². The molecule has 0 amide bonds. The van der Waals surface area contributed by atoms with Crippen LogP contribution in [0.5, 0.6) is 0 Å². The summed E-state index contributed by atoms with van der Waals surface area (Å²) in [4.78, 5) is 2.33. The normalized spacial score (nSPS) is 10.8. The van der Waals surface area contributed by atoms with E-state index in [2.05, 4.69) is 58.2 Å². The van der Waals surface area contributed by atoms with Gasteiger partial charge in [-0.15, -0.1) is 0 Å². The van der Waals surface area contributed by atoms with E-state index >= 15 is 0 Å². The van der Waals surface area contributed by atoms with Gasteiger partial charge in [0.1, 0.15) is 5.76 Å². The number of nitrogens with one attached hydrogen (secondary N) is 1. The van der Waals surface area contributed by atoms with Crippen molar-refractivity contribution < 1.29 is 4.42 Å². The van der Waals surface area contributed by atoms with E-state index < -0.39 is 0 Å². The van der Waals surface area contributed by atoms with Crippen molar-refractivity contribution in [3.8, 4) is 0 Å². The van der Waals surface area contributed by atoms with Crippen molar-refractivity contribution in [1.29, 1.82) is 0 Å². The number of benzene rings is 1. The molecule has 0 radical (unpaired) electrons. The molecule has 108 valence electrons. The molecule has 1 aromatic heterocycles. The summed E-state index contributed by atoms with van der Waals surface area (Å²) in [7, 11) is 0. The fourth-order valence-corrected chi connectivity index (χ4v) is 2.63. The first kappa shape index (κ1) is 15.1. The second-order valence-electron chi connectivity index (χ2n) is 4.65. The summed E-state index contributed by atoms with van der Waals surface area (Å²) in [5.74, 6) is 0.990. The molecule has 20 heavy (non-hydrogen) atoms. The lowest BCUT2D eigenvalue weighted by molar-refractivity contribution is 0.503. The molecule has 3 nitrogen and oxygen atoms in total. The van der Waals surface area contributed by atoms with Gasteiger partial charge in [-0.25, -0.2) is 0 Å². The van der Waals surface area contributed by atoms with Crippen LogP contribution < -0.4 is 10.2 Å². The Bertz CT molecular complexity index is 525. The number of hydrogen-bond acceptors (Lipinski definition) is 3. The summed E-state index contributed by atoms with van der Waals surface area (Å²) >= 11 is 3.56. The van der Waals surface area contributed by atoms with E-state index in [1.165, 1.54) is 11.3 Å².